The molecule has 1 amide bonds. The van der Waals surface area contributed by atoms with E-state index in [0.717, 1.165) is 27.4 Å². The molecule has 2 fully saturated rings. The van der Waals surface area contributed by atoms with E-state index in [0.29, 0.717) is 48.9 Å². The van der Waals surface area contributed by atoms with Gasteiger partial charge < -0.3 is 21.5 Å². The first kappa shape index (κ1) is 26.2. The van der Waals surface area contributed by atoms with Crippen molar-refractivity contribution in [3.63, 3.8) is 0 Å². The summed E-state index contributed by atoms with van der Waals surface area (Å²) < 4.78 is 17.3. The summed E-state index contributed by atoms with van der Waals surface area (Å²) in [6.07, 6.45) is 7.75. The summed E-state index contributed by atoms with van der Waals surface area (Å²) in [6, 6.07) is 7.94. The molecule has 40 heavy (non-hydrogen) atoms. The van der Waals surface area contributed by atoms with E-state index in [1.165, 1.54) is 24.8 Å². The van der Waals surface area contributed by atoms with Gasteiger partial charge in [-0.1, -0.05) is 6.07 Å². The molecule has 0 spiro atoms. The molecule has 210 valence electrons. The normalized spacial score (nSPS) is 25.0. The van der Waals surface area contributed by atoms with Gasteiger partial charge in [-0.05, 0) is 73.1 Å². The van der Waals surface area contributed by atoms with Crippen LogP contribution in [-0.4, -0.2) is 50.1 Å². The second-order valence-corrected chi connectivity index (χ2v) is 11.4. The number of carbonyl (C=O) groups excluding carboxylic acids is 1. The van der Waals surface area contributed by atoms with Crippen LogP contribution < -0.4 is 16.4 Å². The first-order chi connectivity index (χ1) is 19.4. The molecule has 2 saturated carbocycles. The van der Waals surface area contributed by atoms with Crippen molar-refractivity contribution in [1.29, 1.82) is 0 Å². The Balaban J connectivity index is 0.000000925. The van der Waals surface area contributed by atoms with Crippen LogP contribution in [0.4, 0.5) is 10.1 Å². The average molecular weight is 548 g/mol. The quantitative estimate of drug-likeness (QED) is 0.230. The number of rotatable bonds is 6. The highest BCUT2D eigenvalue weighted by molar-refractivity contribution is 5.89. The zero-order chi connectivity index (χ0) is 28.0. The van der Waals surface area contributed by atoms with E-state index in [1.54, 1.807) is 6.07 Å². The van der Waals surface area contributed by atoms with E-state index in [9.17, 15) is 4.79 Å². The number of benzene rings is 2. The number of aromatic nitrogens is 4. The van der Waals surface area contributed by atoms with Crippen LogP contribution in [-0.2, 0) is 16.1 Å². The Morgan fingerprint density at radius 1 is 1.30 bits per heavy atom. The monoisotopic (exact) mass is 547 g/mol. The molecular weight excluding hydrogens is 513 g/mol. The van der Waals surface area contributed by atoms with Crippen molar-refractivity contribution in [3.05, 3.63) is 53.6 Å². The van der Waals surface area contributed by atoms with Gasteiger partial charge in [0.25, 0.3) is 6.47 Å². The second-order valence-electron chi connectivity index (χ2n) is 11.4. The predicted molar refractivity (Wildman–Crippen MR) is 149 cm³/mol. The number of fused-ring (bicyclic) bond motifs is 10. The highest BCUT2D eigenvalue weighted by atomic mass is 19.1. The van der Waals surface area contributed by atoms with E-state index in [4.69, 9.17) is 15.6 Å². The maximum atomic E-state index is 15.4. The Morgan fingerprint density at radius 3 is 2.90 bits per heavy atom. The van der Waals surface area contributed by atoms with Gasteiger partial charge in [-0.25, -0.2) is 4.39 Å². The lowest BCUT2D eigenvalue weighted by Gasteiger charge is -2.43. The maximum Gasteiger partial charge on any atom is 0.290 e. The Hall–Kier alpha value is -3.99. The number of carbonyl (C=O) groups is 2. The van der Waals surface area contributed by atoms with Gasteiger partial charge in [0.2, 0.25) is 5.91 Å². The van der Waals surface area contributed by atoms with Crippen molar-refractivity contribution in [2.75, 3.05) is 11.9 Å². The first-order valence-corrected chi connectivity index (χ1v) is 13.9. The lowest BCUT2D eigenvalue weighted by atomic mass is 9.67. The molecule has 0 saturated heterocycles. The number of hydrogen-bond acceptors (Lipinski definition) is 6. The predicted octanol–water partition coefficient (Wildman–Crippen LogP) is 3.90. The third-order valence-electron chi connectivity index (χ3n) is 8.92. The number of H-pyrrole nitrogens is 1. The summed E-state index contributed by atoms with van der Waals surface area (Å²) in [7, 11) is 0. The largest absolute Gasteiger partial charge is 0.483 e. The van der Waals surface area contributed by atoms with Crippen molar-refractivity contribution >= 4 is 39.9 Å². The van der Waals surface area contributed by atoms with Gasteiger partial charge in [0, 0.05) is 35.8 Å². The molecule has 2 aromatic heterocycles. The van der Waals surface area contributed by atoms with Crippen LogP contribution in [0.25, 0.3) is 21.8 Å². The molecule has 2 aromatic carbocycles. The summed E-state index contributed by atoms with van der Waals surface area (Å²) in [5.41, 5.74) is 10.5. The third kappa shape index (κ3) is 4.47. The van der Waals surface area contributed by atoms with Gasteiger partial charge in [0.1, 0.15) is 5.82 Å². The second kappa shape index (κ2) is 10.5. The maximum absolute atomic E-state index is 15.4. The molecule has 6 N–H and O–H groups in total. The van der Waals surface area contributed by atoms with Crippen LogP contribution in [0.15, 0.2) is 36.7 Å². The Labute approximate surface area is 230 Å². The smallest absolute Gasteiger partial charge is 0.290 e. The fourth-order valence-electron chi connectivity index (χ4n) is 7.52. The lowest BCUT2D eigenvalue weighted by Crippen LogP contribution is -2.36. The van der Waals surface area contributed by atoms with Crippen LogP contribution in [0.3, 0.4) is 0 Å². The van der Waals surface area contributed by atoms with E-state index in [2.05, 4.69) is 44.1 Å². The number of halogens is 1. The number of nitrogens with two attached hydrogens (primary N) is 1. The number of amides is 1. The molecule has 6 atom stereocenters. The summed E-state index contributed by atoms with van der Waals surface area (Å²) >= 11 is 0. The van der Waals surface area contributed by atoms with Gasteiger partial charge >= 0.3 is 0 Å². The SMILES string of the molecule is CC(N)CC(=O)NCCn1ncc2cc([C@@H]3Nc4c(F)cc5[nH]ncc5c4[C@H]4C5CCC(C5)[C@@H]34)ccc21.O=CO. The molecule has 1 aliphatic heterocycles. The van der Waals surface area contributed by atoms with Crippen LogP contribution >= 0.6 is 0 Å². The molecule has 3 aliphatic rings. The standard InChI is InChI=1S/C28H32FN7O.CH2O2/c1-14(30)8-23(37)31-6-7-36-22-5-4-17(10-18(22)12-33-36)27-25-16-3-2-15(9-16)24(25)26-19-13-32-35-21(19)11-20(29)28(26)34-27;2-1-3/h4-5,10-16,24-25,27,34H,2-3,6-9,30H2,1H3,(H,31,37)(H,32,35);1H,(H,2,3)/t14?,15?,16?,24-,25+,27-;/m0./s1. The minimum atomic E-state index is -0.250. The minimum absolute atomic E-state index is 0.0438. The molecule has 3 heterocycles. The van der Waals surface area contributed by atoms with Gasteiger partial charge in [0.15, 0.2) is 0 Å². The van der Waals surface area contributed by atoms with Gasteiger partial charge in [-0.2, -0.15) is 10.2 Å². The first-order valence-electron chi connectivity index (χ1n) is 13.9. The van der Waals surface area contributed by atoms with Crippen molar-refractivity contribution in [1.82, 2.24) is 25.3 Å². The van der Waals surface area contributed by atoms with E-state index in [-0.39, 0.29) is 30.3 Å². The zero-order valence-electron chi connectivity index (χ0n) is 22.3. The fraction of sp³-hybridized carbons (Fsp3) is 0.448. The van der Waals surface area contributed by atoms with Crippen molar-refractivity contribution in [2.45, 2.75) is 57.2 Å². The Morgan fingerprint density at radius 2 is 2.10 bits per heavy atom. The zero-order valence-corrected chi connectivity index (χ0v) is 22.3. The highest BCUT2D eigenvalue weighted by Gasteiger charge is 2.54. The van der Waals surface area contributed by atoms with E-state index >= 15 is 4.39 Å². The molecule has 0 radical (unpaired) electrons. The molecule has 3 unspecified atom stereocenters. The number of hydrogen-bond donors (Lipinski definition) is 5. The summed E-state index contributed by atoms with van der Waals surface area (Å²) in [5, 5.41) is 27.3. The van der Waals surface area contributed by atoms with Crippen LogP contribution in [0.1, 0.15) is 55.7 Å². The number of aromatic amines is 1. The van der Waals surface area contributed by atoms with Gasteiger partial charge in [-0.3, -0.25) is 19.4 Å². The molecule has 11 heteroatoms. The van der Waals surface area contributed by atoms with E-state index < -0.39 is 0 Å². The molecule has 4 aromatic rings. The third-order valence-corrected chi connectivity index (χ3v) is 8.92. The molecule has 7 rings (SSSR count). The van der Waals surface area contributed by atoms with Crippen molar-refractivity contribution < 1.29 is 19.1 Å². The average Bonchev–Trinajstić information content (AvgIpc) is 3.72. The van der Waals surface area contributed by atoms with Crippen LogP contribution in [0.2, 0.25) is 0 Å². The lowest BCUT2D eigenvalue weighted by molar-refractivity contribution is -0.123. The summed E-state index contributed by atoms with van der Waals surface area (Å²) in [4.78, 5) is 20.3. The molecule has 2 bridgehead atoms. The molecular formula is C29H34FN7O3. The molecule has 2 aliphatic carbocycles. The van der Waals surface area contributed by atoms with Crippen LogP contribution in [0.5, 0.6) is 0 Å². The number of nitrogens with one attached hydrogen (secondary N) is 3. The Kier molecular flexibility index (Phi) is 6.91. The van der Waals surface area contributed by atoms with Crippen molar-refractivity contribution in [2.24, 2.45) is 23.5 Å². The van der Waals surface area contributed by atoms with Crippen LogP contribution in [0, 0.1) is 23.6 Å². The van der Waals surface area contributed by atoms with Gasteiger partial charge in [0.05, 0.1) is 41.7 Å². The molecule has 10 nitrogen and oxygen atoms in total. The number of nitrogens with zero attached hydrogens (tertiary/aromatic N) is 3. The summed E-state index contributed by atoms with van der Waals surface area (Å²) in [5.74, 6) is 1.76. The summed E-state index contributed by atoms with van der Waals surface area (Å²) in [6.45, 7) is 2.66. The van der Waals surface area contributed by atoms with Crippen molar-refractivity contribution in [3.8, 4) is 0 Å². The van der Waals surface area contributed by atoms with Gasteiger partial charge in [-0.15, -0.1) is 0 Å². The number of anilines is 1. The topological polar surface area (TPSA) is 151 Å². The Bertz CT molecular complexity index is 1560. The number of carboxylic acid groups (broad SMARTS) is 1. The minimum Gasteiger partial charge on any atom is -0.483 e. The van der Waals surface area contributed by atoms with E-state index in [1.807, 2.05) is 24.0 Å². The highest BCUT2D eigenvalue weighted by Crippen LogP contribution is 2.64. The fourth-order valence-corrected chi connectivity index (χ4v) is 7.52.